The summed E-state index contributed by atoms with van der Waals surface area (Å²) in [6.07, 6.45) is 6.31. The van der Waals surface area contributed by atoms with Crippen molar-refractivity contribution < 1.29 is 14.3 Å². The highest BCUT2D eigenvalue weighted by Crippen LogP contribution is 2.34. The molecule has 0 saturated carbocycles. The molecule has 0 spiro atoms. The topological polar surface area (TPSA) is 142 Å². The van der Waals surface area contributed by atoms with E-state index in [1.807, 2.05) is 25.1 Å². The number of fused-ring (bicyclic) bond motifs is 2. The number of halogens is 1. The molecule has 3 heterocycles. The molecule has 2 bridgehead atoms. The lowest BCUT2D eigenvalue weighted by Gasteiger charge is -2.23. The predicted molar refractivity (Wildman–Crippen MR) is 174 cm³/mol. The smallest absolute Gasteiger partial charge is 0.337 e. The first kappa shape index (κ1) is 31.3. The molecule has 1 aliphatic heterocycles. The SMILES string of the molecule is CN=C1C(=CN)NC(=O)C(C)CCCC(n2cnc(-c3cc(Cl)ccc3-c3cccc(C(=O)OC)c3)cc2=O)c2cc1ccn2. The van der Waals surface area contributed by atoms with Gasteiger partial charge in [-0.2, -0.15) is 0 Å². The summed E-state index contributed by atoms with van der Waals surface area (Å²) < 4.78 is 6.45. The number of amides is 1. The van der Waals surface area contributed by atoms with E-state index in [1.165, 1.54) is 25.7 Å². The van der Waals surface area contributed by atoms with Crippen molar-refractivity contribution in [2.24, 2.45) is 16.6 Å². The second-order valence-electron chi connectivity index (χ2n) is 10.7. The van der Waals surface area contributed by atoms with Crippen LogP contribution in [0.2, 0.25) is 5.02 Å². The number of ether oxygens (including phenoxy) is 1. The fourth-order valence-electron chi connectivity index (χ4n) is 5.50. The number of nitrogens with one attached hydrogen (secondary N) is 1. The van der Waals surface area contributed by atoms with Gasteiger partial charge in [-0.3, -0.25) is 24.1 Å². The van der Waals surface area contributed by atoms with Crippen LogP contribution in [0.3, 0.4) is 0 Å². The first-order chi connectivity index (χ1) is 21.7. The number of carbonyl (C=O) groups is 2. The van der Waals surface area contributed by atoms with E-state index in [1.54, 1.807) is 54.2 Å². The second kappa shape index (κ2) is 13.7. The molecular weight excluding hydrogens is 592 g/mol. The number of nitrogens with zero attached hydrogens (tertiary/aromatic N) is 4. The van der Waals surface area contributed by atoms with Crippen molar-refractivity contribution in [3.05, 3.63) is 117 Å². The van der Waals surface area contributed by atoms with Crippen molar-refractivity contribution in [2.75, 3.05) is 14.2 Å². The lowest BCUT2D eigenvalue weighted by molar-refractivity contribution is -0.123. The van der Waals surface area contributed by atoms with E-state index in [0.29, 0.717) is 63.8 Å². The minimum absolute atomic E-state index is 0.156. The van der Waals surface area contributed by atoms with Gasteiger partial charge >= 0.3 is 5.97 Å². The standard InChI is InChI=1S/C34H33ClN6O4/c1-20-6-4-9-30(28-15-22(12-13-38-28)32(37-2)29(18-36)40-33(20)43)41-19-39-27(17-31(41)42)26-16-24(35)10-11-25(26)21-7-5-8-23(14-21)34(44)45-3/h5,7-8,10-20,30H,4,6,9,36H2,1-3H3,(H,40,43). The summed E-state index contributed by atoms with van der Waals surface area (Å²) >= 11 is 6.40. The Balaban J connectivity index is 1.59. The van der Waals surface area contributed by atoms with Gasteiger partial charge in [-0.15, -0.1) is 0 Å². The van der Waals surface area contributed by atoms with Gasteiger partial charge < -0.3 is 15.8 Å². The van der Waals surface area contributed by atoms with E-state index >= 15 is 0 Å². The zero-order valence-electron chi connectivity index (χ0n) is 25.2. The number of pyridine rings is 1. The van der Waals surface area contributed by atoms with Crippen LogP contribution in [0.15, 0.2) is 94.9 Å². The van der Waals surface area contributed by atoms with Gasteiger partial charge in [0.1, 0.15) is 0 Å². The molecule has 2 unspecified atom stereocenters. The van der Waals surface area contributed by atoms with E-state index in [-0.39, 0.29) is 17.4 Å². The van der Waals surface area contributed by atoms with Crippen molar-refractivity contribution in [1.29, 1.82) is 0 Å². The highest BCUT2D eigenvalue weighted by molar-refractivity contribution is 6.31. The van der Waals surface area contributed by atoms with Crippen LogP contribution >= 0.6 is 11.6 Å². The zero-order chi connectivity index (χ0) is 32.1. The molecule has 1 aliphatic rings. The van der Waals surface area contributed by atoms with Gasteiger partial charge in [0.2, 0.25) is 5.91 Å². The molecule has 0 saturated heterocycles. The van der Waals surface area contributed by atoms with Gasteiger partial charge in [-0.1, -0.05) is 43.1 Å². The zero-order valence-corrected chi connectivity index (χ0v) is 25.9. The van der Waals surface area contributed by atoms with Crippen LogP contribution < -0.4 is 16.6 Å². The van der Waals surface area contributed by atoms with Crippen molar-refractivity contribution in [3.8, 4) is 22.4 Å². The lowest BCUT2D eigenvalue weighted by Crippen LogP contribution is -2.33. The maximum Gasteiger partial charge on any atom is 0.337 e. The summed E-state index contributed by atoms with van der Waals surface area (Å²) in [5.74, 6) is -0.900. The molecule has 2 aromatic heterocycles. The highest BCUT2D eigenvalue weighted by atomic mass is 35.5. The number of rotatable bonds is 4. The van der Waals surface area contributed by atoms with Gasteiger partial charge in [0.25, 0.3) is 5.56 Å². The molecule has 3 N–H and O–H groups in total. The van der Waals surface area contributed by atoms with Crippen molar-refractivity contribution in [2.45, 2.75) is 32.2 Å². The third-order valence-corrected chi connectivity index (χ3v) is 8.12. The first-order valence-corrected chi connectivity index (χ1v) is 14.8. The van der Waals surface area contributed by atoms with Crippen LogP contribution in [0.4, 0.5) is 0 Å². The molecular formula is C34H33ClN6O4. The number of hydrogen-bond acceptors (Lipinski definition) is 8. The summed E-state index contributed by atoms with van der Waals surface area (Å²) in [4.78, 5) is 52.6. The maximum atomic E-state index is 13.8. The molecule has 0 aliphatic carbocycles. The minimum atomic E-state index is -0.453. The monoisotopic (exact) mass is 624 g/mol. The number of allylic oxidation sites excluding steroid dienone is 1. The molecule has 230 valence electrons. The van der Waals surface area contributed by atoms with Crippen LogP contribution in [0.1, 0.15) is 53.8 Å². The average molecular weight is 625 g/mol. The molecule has 1 amide bonds. The molecule has 11 heteroatoms. The number of hydrogen-bond donors (Lipinski definition) is 2. The van der Waals surface area contributed by atoms with Crippen molar-refractivity contribution >= 4 is 29.2 Å². The minimum Gasteiger partial charge on any atom is -0.465 e. The van der Waals surface area contributed by atoms with Crippen LogP contribution in [0.5, 0.6) is 0 Å². The predicted octanol–water partition coefficient (Wildman–Crippen LogP) is 5.16. The van der Waals surface area contributed by atoms with Crippen LogP contribution in [0.25, 0.3) is 22.4 Å². The summed E-state index contributed by atoms with van der Waals surface area (Å²) in [5.41, 5.74) is 10.8. The molecule has 2 atom stereocenters. The molecule has 0 radical (unpaired) electrons. The summed E-state index contributed by atoms with van der Waals surface area (Å²) in [5, 5.41) is 3.37. The Labute approximate surface area is 265 Å². The first-order valence-electron chi connectivity index (χ1n) is 14.5. The third kappa shape index (κ3) is 6.71. The number of nitrogens with two attached hydrogens (primary N) is 1. The lowest BCUT2D eigenvalue weighted by atomic mass is 9.95. The fraction of sp³-hybridized carbons (Fsp3) is 0.235. The molecule has 45 heavy (non-hydrogen) atoms. The molecule has 0 fully saturated rings. The van der Waals surface area contributed by atoms with Crippen LogP contribution in [-0.4, -0.2) is 46.3 Å². The highest BCUT2D eigenvalue weighted by Gasteiger charge is 2.24. The number of methoxy groups -OCH3 is 1. The number of carbonyl (C=O) groups excluding carboxylic acids is 2. The van der Waals surface area contributed by atoms with Crippen molar-refractivity contribution in [1.82, 2.24) is 19.9 Å². The van der Waals surface area contributed by atoms with Crippen LogP contribution in [0, 0.1) is 5.92 Å². The van der Waals surface area contributed by atoms with E-state index in [4.69, 9.17) is 27.1 Å². The maximum absolute atomic E-state index is 13.8. The fourth-order valence-corrected chi connectivity index (χ4v) is 5.67. The number of esters is 1. The third-order valence-electron chi connectivity index (χ3n) is 7.89. The Bertz CT molecular complexity index is 1880. The van der Waals surface area contributed by atoms with Gasteiger partial charge in [0, 0.05) is 47.6 Å². The summed E-state index contributed by atoms with van der Waals surface area (Å²) in [6.45, 7) is 1.86. The van der Waals surface area contributed by atoms with E-state index in [9.17, 15) is 14.4 Å². The second-order valence-corrected chi connectivity index (χ2v) is 11.2. The summed E-state index contributed by atoms with van der Waals surface area (Å²) in [7, 11) is 2.96. The van der Waals surface area contributed by atoms with Gasteiger partial charge in [0.05, 0.1) is 47.8 Å². The molecule has 10 nitrogen and oxygen atoms in total. The molecule has 5 rings (SSSR count). The number of aromatic nitrogens is 3. The Morgan fingerprint density at radius 1 is 1.07 bits per heavy atom. The molecule has 4 aromatic rings. The molecule has 2 aromatic carbocycles. The summed E-state index contributed by atoms with van der Waals surface area (Å²) in [6, 6.07) is 17.0. The van der Waals surface area contributed by atoms with E-state index < -0.39 is 12.0 Å². The van der Waals surface area contributed by atoms with E-state index in [2.05, 4.69) is 15.3 Å². The van der Waals surface area contributed by atoms with Crippen molar-refractivity contribution in [3.63, 3.8) is 0 Å². The van der Waals surface area contributed by atoms with Gasteiger partial charge in [-0.05, 0) is 60.4 Å². The van der Waals surface area contributed by atoms with E-state index in [0.717, 1.165) is 11.1 Å². The Morgan fingerprint density at radius 3 is 2.62 bits per heavy atom. The quantitative estimate of drug-likeness (QED) is 0.299. The van der Waals surface area contributed by atoms with Gasteiger partial charge in [-0.25, -0.2) is 9.78 Å². The normalized spacial score (nSPS) is 19.0. The average Bonchev–Trinajstić information content (AvgIpc) is 3.06. The number of aliphatic imine (C=N–C) groups is 1. The Kier molecular flexibility index (Phi) is 9.53. The Hall–Kier alpha value is -5.09. The van der Waals surface area contributed by atoms with Gasteiger partial charge in [0.15, 0.2) is 0 Å². The Morgan fingerprint density at radius 2 is 1.89 bits per heavy atom. The van der Waals surface area contributed by atoms with Crippen LogP contribution in [-0.2, 0) is 9.53 Å². The largest absolute Gasteiger partial charge is 0.465 e. The number of benzene rings is 2.